The molecule has 6 heteroatoms. The first kappa shape index (κ1) is 22.7. The fourth-order valence-electron chi connectivity index (χ4n) is 4.93. The number of hydrogen-bond donors (Lipinski definition) is 0. The molecular weight excluding hydrogens is 393 g/mol. The van der Waals surface area contributed by atoms with Crippen LogP contribution in [0.5, 0.6) is 11.5 Å². The van der Waals surface area contributed by atoms with Gasteiger partial charge >= 0.3 is 5.97 Å². The fraction of sp³-hybridized carbons (Fsp3) is 0.625. The van der Waals surface area contributed by atoms with Crippen LogP contribution in [0.15, 0.2) is 24.3 Å². The van der Waals surface area contributed by atoms with Crippen LogP contribution in [0.4, 0.5) is 13.2 Å². The molecule has 3 nitrogen and oxygen atoms in total. The highest BCUT2D eigenvalue weighted by molar-refractivity contribution is 5.75. The third-order valence-electron chi connectivity index (χ3n) is 6.61. The topological polar surface area (TPSA) is 35.5 Å². The first-order valence-corrected chi connectivity index (χ1v) is 11.1. The molecule has 2 fully saturated rings. The van der Waals surface area contributed by atoms with Crippen molar-refractivity contribution in [1.29, 1.82) is 0 Å². The normalized spacial score (nSPS) is 27.2. The van der Waals surface area contributed by atoms with Crippen molar-refractivity contribution in [2.45, 2.75) is 58.3 Å². The van der Waals surface area contributed by atoms with Gasteiger partial charge in [-0.25, -0.2) is 4.39 Å². The molecular formula is C24H31F3O3. The summed E-state index contributed by atoms with van der Waals surface area (Å²) in [6, 6.07) is 2.52. The number of alkyl halides is 1. The maximum atomic E-state index is 14.2. The van der Waals surface area contributed by atoms with E-state index in [1.54, 1.807) is 13.0 Å². The number of benzene rings is 1. The predicted octanol–water partition coefficient (Wildman–Crippen LogP) is 6.41. The molecule has 166 valence electrons. The minimum atomic E-state index is -1.19. The van der Waals surface area contributed by atoms with E-state index in [0.717, 1.165) is 38.5 Å². The van der Waals surface area contributed by atoms with Crippen LogP contribution in [0.2, 0.25) is 0 Å². The van der Waals surface area contributed by atoms with Crippen LogP contribution in [0, 0.1) is 35.3 Å². The van der Waals surface area contributed by atoms with Crippen molar-refractivity contribution in [1.82, 2.24) is 0 Å². The second-order valence-electron chi connectivity index (χ2n) is 8.41. The highest BCUT2D eigenvalue weighted by atomic mass is 19.2. The van der Waals surface area contributed by atoms with Crippen LogP contribution in [-0.2, 0) is 4.79 Å². The SMILES string of the molecule is CCOc1ccc(OC(=O)C2CCC(C3CCC(/C=C/CF)CC3)CC2)c(F)c1F. The first-order valence-electron chi connectivity index (χ1n) is 11.1. The number of hydrogen-bond acceptors (Lipinski definition) is 3. The molecule has 0 amide bonds. The molecule has 0 N–H and O–H groups in total. The molecule has 0 spiro atoms. The van der Waals surface area contributed by atoms with E-state index >= 15 is 0 Å². The Morgan fingerprint density at radius 2 is 1.53 bits per heavy atom. The molecule has 30 heavy (non-hydrogen) atoms. The molecule has 0 bridgehead atoms. The van der Waals surface area contributed by atoms with Gasteiger partial charge in [0.05, 0.1) is 12.5 Å². The van der Waals surface area contributed by atoms with E-state index in [4.69, 9.17) is 9.47 Å². The second kappa shape index (κ2) is 10.9. The van der Waals surface area contributed by atoms with Gasteiger partial charge in [-0.3, -0.25) is 4.79 Å². The summed E-state index contributed by atoms with van der Waals surface area (Å²) in [5.74, 6) is -1.92. The number of carbonyl (C=O) groups is 1. The van der Waals surface area contributed by atoms with Crippen molar-refractivity contribution in [2.24, 2.45) is 23.7 Å². The Labute approximate surface area is 176 Å². The Morgan fingerprint density at radius 3 is 2.13 bits per heavy atom. The minimum absolute atomic E-state index is 0.190. The van der Waals surface area contributed by atoms with Crippen molar-refractivity contribution in [3.8, 4) is 11.5 Å². The van der Waals surface area contributed by atoms with E-state index in [1.165, 1.54) is 12.1 Å². The molecule has 2 aliphatic carbocycles. The van der Waals surface area contributed by atoms with Crippen molar-refractivity contribution < 1.29 is 27.4 Å². The summed E-state index contributed by atoms with van der Waals surface area (Å²) in [6.45, 7) is 1.50. The first-order chi connectivity index (χ1) is 14.5. The van der Waals surface area contributed by atoms with Crippen molar-refractivity contribution >= 4 is 5.97 Å². The van der Waals surface area contributed by atoms with Crippen LogP contribution < -0.4 is 9.47 Å². The monoisotopic (exact) mass is 424 g/mol. The lowest BCUT2D eigenvalue weighted by molar-refractivity contribution is -0.140. The Morgan fingerprint density at radius 1 is 0.967 bits per heavy atom. The van der Waals surface area contributed by atoms with Gasteiger partial charge in [-0.1, -0.05) is 12.2 Å². The third-order valence-corrected chi connectivity index (χ3v) is 6.61. The van der Waals surface area contributed by atoms with E-state index in [0.29, 0.717) is 30.6 Å². The lowest BCUT2D eigenvalue weighted by Crippen LogP contribution is -2.30. The molecule has 3 rings (SSSR count). The summed E-state index contributed by atoms with van der Waals surface area (Å²) >= 11 is 0. The van der Waals surface area contributed by atoms with Crippen LogP contribution in [0.3, 0.4) is 0 Å². The van der Waals surface area contributed by atoms with Crippen LogP contribution in [-0.4, -0.2) is 19.3 Å². The highest BCUT2D eigenvalue weighted by Crippen LogP contribution is 2.42. The second-order valence-corrected chi connectivity index (χ2v) is 8.41. The summed E-state index contributed by atoms with van der Waals surface area (Å²) in [7, 11) is 0. The molecule has 0 radical (unpaired) electrons. The minimum Gasteiger partial charge on any atom is -0.491 e. The van der Waals surface area contributed by atoms with Gasteiger partial charge in [0.15, 0.2) is 11.5 Å². The number of esters is 1. The van der Waals surface area contributed by atoms with Gasteiger partial charge in [0.2, 0.25) is 11.6 Å². The van der Waals surface area contributed by atoms with Crippen molar-refractivity contribution in [2.75, 3.05) is 13.3 Å². The zero-order valence-electron chi connectivity index (χ0n) is 17.5. The predicted molar refractivity (Wildman–Crippen MR) is 109 cm³/mol. The smallest absolute Gasteiger partial charge is 0.314 e. The number of allylic oxidation sites excluding steroid dienone is 2. The Kier molecular flexibility index (Phi) is 8.23. The molecule has 0 heterocycles. The molecule has 0 aromatic heterocycles. The summed E-state index contributed by atoms with van der Waals surface area (Å²) in [4.78, 5) is 12.5. The number of carbonyl (C=O) groups excluding carboxylic acids is 1. The van der Waals surface area contributed by atoms with E-state index < -0.39 is 24.3 Å². The van der Waals surface area contributed by atoms with Gasteiger partial charge in [-0.05, 0) is 88.2 Å². The van der Waals surface area contributed by atoms with Gasteiger partial charge in [0, 0.05) is 0 Å². The standard InChI is InChI=1S/C24H31F3O3/c1-2-29-20-13-14-21(23(27)22(20)26)30-24(28)19-11-9-18(10-12-19)17-7-5-16(6-8-17)4-3-15-25/h3-4,13-14,16-19H,2,5-12,15H2,1H3/b4-3+. The van der Waals surface area contributed by atoms with Gasteiger partial charge in [0.25, 0.3) is 0 Å². The molecule has 2 saturated carbocycles. The van der Waals surface area contributed by atoms with Gasteiger partial charge < -0.3 is 9.47 Å². The van der Waals surface area contributed by atoms with E-state index in [9.17, 15) is 18.0 Å². The maximum Gasteiger partial charge on any atom is 0.314 e. The van der Waals surface area contributed by atoms with E-state index in [-0.39, 0.29) is 24.0 Å². The van der Waals surface area contributed by atoms with Crippen LogP contribution in [0.1, 0.15) is 58.3 Å². The van der Waals surface area contributed by atoms with E-state index in [2.05, 4.69) is 0 Å². The Balaban J connectivity index is 1.48. The van der Waals surface area contributed by atoms with Gasteiger partial charge in [-0.15, -0.1) is 0 Å². The molecule has 1 aromatic rings. The number of rotatable bonds is 7. The Bertz CT molecular complexity index is 733. The fourth-order valence-corrected chi connectivity index (χ4v) is 4.93. The summed E-state index contributed by atoms with van der Waals surface area (Å²) in [6.07, 6.45) is 11.5. The number of ether oxygens (including phenoxy) is 2. The molecule has 1 aromatic carbocycles. The summed E-state index contributed by atoms with van der Waals surface area (Å²) in [5.41, 5.74) is 0. The van der Waals surface area contributed by atoms with Crippen LogP contribution in [0.25, 0.3) is 0 Å². The third kappa shape index (κ3) is 5.58. The summed E-state index contributed by atoms with van der Waals surface area (Å²) < 4.78 is 50.6. The maximum absolute atomic E-state index is 14.2. The average molecular weight is 425 g/mol. The molecule has 0 unspecified atom stereocenters. The average Bonchev–Trinajstić information content (AvgIpc) is 2.78. The lowest BCUT2D eigenvalue weighted by atomic mass is 9.69. The number of halogens is 3. The van der Waals surface area contributed by atoms with E-state index in [1.807, 2.05) is 6.08 Å². The Hall–Kier alpha value is -1.98. The molecule has 0 saturated heterocycles. The van der Waals surface area contributed by atoms with Crippen molar-refractivity contribution in [3.05, 3.63) is 35.9 Å². The largest absolute Gasteiger partial charge is 0.491 e. The zero-order chi connectivity index (χ0) is 21.5. The van der Waals surface area contributed by atoms with Crippen molar-refractivity contribution in [3.63, 3.8) is 0 Å². The molecule has 0 aliphatic heterocycles. The van der Waals surface area contributed by atoms with Gasteiger partial charge in [0.1, 0.15) is 6.67 Å². The van der Waals surface area contributed by atoms with Gasteiger partial charge in [-0.2, -0.15) is 8.78 Å². The quantitative estimate of drug-likeness (QED) is 0.288. The van der Waals surface area contributed by atoms with Crippen LogP contribution >= 0.6 is 0 Å². The highest BCUT2D eigenvalue weighted by Gasteiger charge is 2.33. The molecule has 0 atom stereocenters. The molecule has 2 aliphatic rings. The summed E-state index contributed by atoms with van der Waals surface area (Å²) in [5, 5.41) is 0. The lowest BCUT2D eigenvalue weighted by Gasteiger charge is -2.36. The zero-order valence-corrected chi connectivity index (χ0v) is 17.5.